The molecule has 0 aromatic carbocycles. The van der Waals surface area contributed by atoms with E-state index in [1.165, 1.54) is 57.8 Å². The topological polar surface area (TPSA) is 35.2 Å². The Morgan fingerprint density at radius 3 is 2.61 bits per heavy atom. The summed E-state index contributed by atoms with van der Waals surface area (Å²) in [5, 5.41) is 0. The predicted molar refractivity (Wildman–Crippen MR) is 76.5 cm³/mol. The van der Waals surface area contributed by atoms with Crippen molar-refractivity contribution in [3.05, 3.63) is 0 Å². The summed E-state index contributed by atoms with van der Waals surface area (Å²) in [4.78, 5) is 0. The van der Waals surface area contributed by atoms with Gasteiger partial charge in [-0.3, -0.25) is 0 Å². The molecular weight excluding hydrogens is 222 g/mol. The zero-order chi connectivity index (χ0) is 13.0. The first-order chi connectivity index (χ1) is 8.61. The average molecular weight is 253 g/mol. The van der Waals surface area contributed by atoms with E-state index in [0.717, 1.165) is 12.5 Å². The summed E-state index contributed by atoms with van der Waals surface area (Å²) in [5.74, 6) is 1.48. The molecule has 2 aliphatic rings. The molecule has 1 aliphatic carbocycles. The number of hydrogen-bond acceptors (Lipinski definition) is 2. The van der Waals surface area contributed by atoms with Crippen LogP contribution in [-0.4, -0.2) is 18.2 Å². The molecule has 2 atom stereocenters. The van der Waals surface area contributed by atoms with Crippen molar-refractivity contribution in [2.24, 2.45) is 17.6 Å². The van der Waals surface area contributed by atoms with Gasteiger partial charge in [0.05, 0.1) is 5.60 Å². The molecule has 2 nitrogen and oxygen atoms in total. The van der Waals surface area contributed by atoms with Gasteiger partial charge in [0.1, 0.15) is 0 Å². The highest BCUT2D eigenvalue weighted by Crippen LogP contribution is 2.41. The molecule has 2 heteroatoms. The van der Waals surface area contributed by atoms with Crippen molar-refractivity contribution < 1.29 is 4.74 Å². The summed E-state index contributed by atoms with van der Waals surface area (Å²) >= 11 is 0. The summed E-state index contributed by atoms with van der Waals surface area (Å²) < 4.78 is 6.16. The molecule has 1 saturated heterocycles. The molecule has 0 radical (unpaired) electrons. The second-order valence-electron chi connectivity index (χ2n) is 6.94. The summed E-state index contributed by atoms with van der Waals surface area (Å²) in [5.41, 5.74) is 6.44. The third kappa shape index (κ3) is 3.71. The molecule has 2 unspecified atom stereocenters. The summed E-state index contributed by atoms with van der Waals surface area (Å²) in [7, 11) is 0. The minimum absolute atomic E-state index is 0.267. The van der Waals surface area contributed by atoms with Crippen LogP contribution in [-0.2, 0) is 4.74 Å². The van der Waals surface area contributed by atoms with Gasteiger partial charge in [0.2, 0.25) is 0 Å². The summed E-state index contributed by atoms with van der Waals surface area (Å²) in [6, 6.07) is 0.384. The Morgan fingerprint density at radius 2 is 1.94 bits per heavy atom. The lowest BCUT2D eigenvalue weighted by Crippen LogP contribution is -2.41. The second-order valence-corrected chi connectivity index (χ2v) is 6.94. The van der Waals surface area contributed by atoms with Gasteiger partial charge in [-0.2, -0.15) is 0 Å². The molecule has 1 saturated carbocycles. The highest BCUT2D eigenvalue weighted by Gasteiger charge is 2.38. The zero-order valence-corrected chi connectivity index (χ0v) is 12.3. The lowest BCUT2D eigenvalue weighted by Gasteiger charge is -2.44. The molecule has 0 amide bonds. The maximum atomic E-state index is 6.17. The number of hydrogen-bond donors (Lipinski definition) is 1. The molecular formula is C16H31NO. The molecule has 1 spiro atoms. The maximum Gasteiger partial charge on any atom is 0.0685 e. The minimum Gasteiger partial charge on any atom is -0.375 e. The molecule has 0 bridgehead atoms. The fourth-order valence-electron chi connectivity index (χ4n) is 3.68. The van der Waals surface area contributed by atoms with Crippen LogP contribution in [0.2, 0.25) is 0 Å². The first-order valence-electron chi connectivity index (χ1n) is 8.01. The Morgan fingerprint density at radius 1 is 1.22 bits per heavy atom. The van der Waals surface area contributed by atoms with Gasteiger partial charge >= 0.3 is 0 Å². The van der Waals surface area contributed by atoms with Crippen LogP contribution in [0.25, 0.3) is 0 Å². The van der Waals surface area contributed by atoms with Crippen LogP contribution >= 0.6 is 0 Å². The molecule has 1 aliphatic heterocycles. The highest BCUT2D eigenvalue weighted by molar-refractivity contribution is 4.89. The highest BCUT2D eigenvalue weighted by atomic mass is 16.5. The van der Waals surface area contributed by atoms with Crippen molar-refractivity contribution in [1.29, 1.82) is 0 Å². The lowest BCUT2D eigenvalue weighted by atomic mass is 9.74. The van der Waals surface area contributed by atoms with E-state index in [0.29, 0.717) is 12.0 Å². The van der Waals surface area contributed by atoms with Gasteiger partial charge in [-0.15, -0.1) is 0 Å². The van der Waals surface area contributed by atoms with E-state index in [1.54, 1.807) is 0 Å². The third-order valence-electron chi connectivity index (χ3n) is 5.12. The molecule has 1 heterocycles. The Labute approximate surface area is 113 Å². The third-order valence-corrected chi connectivity index (χ3v) is 5.12. The van der Waals surface area contributed by atoms with Gasteiger partial charge in [-0.05, 0) is 50.4 Å². The van der Waals surface area contributed by atoms with E-state index < -0.39 is 0 Å². The lowest BCUT2D eigenvalue weighted by molar-refractivity contribution is -0.118. The van der Waals surface area contributed by atoms with Crippen LogP contribution in [0.4, 0.5) is 0 Å². The van der Waals surface area contributed by atoms with Crippen LogP contribution in [0.15, 0.2) is 0 Å². The van der Waals surface area contributed by atoms with E-state index in [2.05, 4.69) is 13.8 Å². The van der Waals surface area contributed by atoms with Gasteiger partial charge < -0.3 is 10.5 Å². The van der Waals surface area contributed by atoms with E-state index >= 15 is 0 Å². The van der Waals surface area contributed by atoms with Crippen molar-refractivity contribution in [2.75, 3.05) is 6.61 Å². The van der Waals surface area contributed by atoms with E-state index in [1.807, 2.05) is 0 Å². The zero-order valence-electron chi connectivity index (χ0n) is 12.3. The molecule has 2 fully saturated rings. The van der Waals surface area contributed by atoms with Gasteiger partial charge in [-0.1, -0.05) is 33.1 Å². The first-order valence-corrected chi connectivity index (χ1v) is 8.01. The van der Waals surface area contributed by atoms with Crippen LogP contribution in [0.1, 0.15) is 71.6 Å². The summed E-state index contributed by atoms with van der Waals surface area (Å²) in [6.45, 7) is 5.45. The normalized spacial score (nSPS) is 29.7. The average Bonchev–Trinajstić information content (AvgIpc) is 2.37. The maximum absolute atomic E-state index is 6.17. The monoisotopic (exact) mass is 253 g/mol. The van der Waals surface area contributed by atoms with Crippen molar-refractivity contribution in [2.45, 2.75) is 83.3 Å². The number of nitrogens with two attached hydrogens (primary N) is 1. The Balaban J connectivity index is 1.79. The van der Waals surface area contributed by atoms with Crippen molar-refractivity contribution in [3.8, 4) is 0 Å². The predicted octanol–water partition coefficient (Wildman–Crippen LogP) is 3.88. The van der Waals surface area contributed by atoms with Crippen LogP contribution in [0.5, 0.6) is 0 Å². The van der Waals surface area contributed by atoms with E-state index in [9.17, 15) is 0 Å². The number of rotatable bonds is 4. The standard InChI is InChI=1S/C16H31NO/c1-13(2)15(17)7-6-14-8-11-18-16(12-14)9-4-3-5-10-16/h13-15H,3-12,17H2,1-2H3. The fourth-order valence-corrected chi connectivity index (χ4v) is 3.68. The van der Waals surface area contributed by atoms with Crippen molar-refractivity contribution in [3.63, 3.8) is 0 Å². The van der Waals surface area contributed by atoms with E-state index in [-0.39, 0.29) is 5.60 Å². The van der Waals surface area contributed by atoms with Gasteiger partial charge in [0, 0.05) is 12.6 Å². The second kappa shape index (κ2) is 6.38. The number of ether oxygens (including phenoxy) is 1. The molecule has 2 rings (SSSR count). The van der Waals surface area contributed by atoms with Crippen LogP contribution in [0, 0.1) is 11.8 Å². The minimum atomic E-state index is 0.267. The largest absolute Gasteiger partial charge is 0.375 e. The van der Waals surface area contributed by atoms with Crippen LogP contribution < -0.4 is 5.73 Å². The smallest absolute Gasteiger partial charge is 0.0685 e. The SMILES string of the molecule is CC(C)C(N)CCC1CCOC2(CCCCC2)C1. The van der Waals surface area contributed by atoms with Crippen molar-refractivity contribution >= 4 is 0 Å². The quantitative estimate of drug-likeness (QED) is 0.825. The Hall–Kier alpha value is -0.0800. The fraction of sp³-hybridized carbons (Fsp3) is 1.00. The molecule has 0 aromatic heterocycles. The van der Waals surface area contributed by atoms with Gasteiger partial charge in [0.15, 0.2) is 0 Å². The van der Waals surface area contributed by atoms with Crippen molar-refractivity contribution in [1.82, 2.24) is 0 Å². The van der Waals surface area contributed by atoms with Crippen LogP contribution in [0.3, 0.4) is 0 Å². The summed E-state index contributed by atoms with van der Waals surface area (Å²) in [6.07, 6.45) is 11.8. The molecule has 2 N–H and O–H groups in total. The first kappa shape index (κ1) is 14.3. The molecule has 106 valence electrons. The van der Waals surface area contributed by atoms with Gasteiger partial charge in [0.25, 0.3) is 0 Å². The Kier molecular flexibility index (Phi) is 5.08. The Bertz CT molecular complexity index is 240. The molecule has 0 aromatic rings. The van der Waals surface area contributed by atoms with E-state index in [4.69, 9.17) is 10.5 Å². The molecule has 18 heavy (non-hydrogen) atoms. The van der Waals surface area contributed by atoms with Gasteiger partial charge in [-0.25, -0.2) is 0 Å².